The van der Waals surface area contributed by atoms with E-state index in [2.05, 4.69) is 20.8 Å². The molecular formula is C21H26N6O. The van der Waals surface area contributed by atoms with E-state index in [-0.39, 0.29) is 5.91 Å². The second-order valence-corrected chi connectivity index (χ2v) is 7.31. The molecule has 1 saturated heterocycles. The molecule has 0 atom stereocenters. The lowest BCUT2D eigenvalue weighted by Crippen LogP contribution is -2.54. The van der Waals surface area contributed by atoms with E-state index in [1.54, 1.807) is 6.20 Å². The highest BCUT2D eigenvalue weighted by Crippen LogP contribution is 2.27. The van der Waals surface area contributed by atoms with Gasteiger partial charge in [0.1, 0.15) is 5.54 Å². The van der Waals surface area contributed by atoms with E-state index in [9.17, 15) is 4.79 Å². The van der Waals surface area contributed by atoms with Crippen LogP contribution in [0.25, 0.3) is 5.69 Å². The van der Waals surface area contributed by atoms with Gasteiger partial charge in [-0.1, -0.05) is 18.2 Å². The van der Waals surface area contributed by atoms with Gasteiger partial charge in [-0.05, 0) is 58.0 Å². The Morgan fingerprint density at radius 1 is 1.18 bits per heavy atom. The highest BCUT2D eigenvalue weighted by molar-refractivity contribution is 5.84. The highest BCUT2D eigenvalue weighted by atomic mass is 16.2. The smallest absolute Gasteiger partial charge is 0.248 e. The van der Waals surface area contributed by atoms with Gasteiger partial charge in [-0.15, -0.1) is 0 Å². The lowest BCUT2D eigenvalue weighted by Gasteiger charge is -2.36. The van der Waals surface area contributed by atoms with Crippen LogP contribution in [0, 0.1) is 13.8 Å². The molecule has 0 aliphatic carbocycles. The Hall–Kier alpha value is -2.93. The molecule has 2 N–H and O–H groups in total. The quantitative estimate of drug-likeness (QED) is 0.713. The monoisotopic (exact) mass is 378 g/mol. The summed E-state index contributed by atoms with van der Waals surface area (Å²) in [7, 11) is 0. The average molecular weight is 378 g/mol. The molecule has 1 aliphatic heterocycles. The number of hydrogen-bond donors (Lipinski definition) is 2. The van der Waals surface area contributed by atoms with Crippen LogP contribution in [0.2, 0.25) is 0 Å². The predicted octanol–water partition coefficient (Wildman–Crippen LogP) is 2.08. The molecule has 0 bridgehead atoms. The third kappa shape index (κ3) is 3.22. The number of aromatic nitrogens is 4. The second kappa shape index (κ2) is 7.59. The molecule has 3 aromatic rings. The lowest BCUT2D eigenvalue weighted by molar-refractivity contribution is -0.132. The van der Waals surface area contributed by atoms with E-state index in [0.717, 1.165) is 48.6 Å². The number of carbonyl (C=O) groups excluding carboxylic acids is 1. The maximum atomic E-state index is 13.3. The van der Waals surface area contributed by atoms with Crippen molar-refractivity contribution in [2.45, 2.75) is 38.8 Å². The maximum Gasteiger partial charge on any atom is 0.248 e. The van der Waals surface area contributed by atoms with E-state index < -0.39 is 5.54 Å². The number of aryl methyl sites for hydroxylation is 1. The van der Waals surface area contributed by atoms with Gasteiger partial charge in [-0.25, -0.2) is 4.68 Å². The molecule has 4 rings (SSSR count). The highest BCUT2D eigenvalue weighted by Gasteiger charge is 2.41. The van der Waals surface area contributed by atoms with Gasteiger partial charge in [-0.3, -0.25) is 9.48 Å². The molecule has 0 spiro atoms. The van der Waals surface area contributed by atoms with Gasteiger partial charge in [0.15, 0.2) is 0 Å². The lowest BCUT2D eigenvalue weighted by atomic mass is 9.87. The Labute approximate surface area is 164 Å². The number of hydrogen-bond acceptors (Lipinski definition) is 4. The van der Waals surface area contributed by atoms with E-state index in [0.29, 0.717) is 6.54 Å². The van der Waals surface area contributed by atoms with Crippen LogP contribution in [-0.4, -0.2) is 38.6 Å². The van der Waals surface area contributed by atoms with Gasteiger partial charge in [0.25, 0.3) is 0 Å². The topological polar surface area (TPSA) is 76.8 Å². The number of nitrogens with one attached hydrogen (secondary N) is 2. The fraction of sp³-hybridized carbons (Fsp3) is 0.381. The summed E-state index contributed by atoms with van der Waals surface area (Å²) in [5.74, 6) is 0.0176. The first-order valence-electron chi connectivity index (χ1n) is 9.71. The summed E-state index contributed by atoms with van der Waals surface area (Å²) < 4.78 is 3.75. The number of benzene rings is 1. The molecule has 7 nitrogen and oxygen atoms in total. The van der Waals surface area contributed by atoms with Crippen LogP contribution in [0.1, 0.15) is 29.8 Å². The van der Waals surface area contributed by atoms with E-state index in [1.807, 2.05) is 65.8 Å². The van der Waals surface area contributed by atoms with Crippen LogP contribution in [0.15, 0.2) is 48.8 Å². The fourth-order valence-corrected chi connectivity index (χ4v) is 4.01. The zero-order chi connectivity index (χ0) is 19.6. The van der Waals surface area contributed by atoms with Crippen molar-refractivity contribution in [1.29, 1.82) is 0 Å². The van der Waals surface area contributed by atoms with Gasteiger partial charge < -0.3 is 10.6 Å². The minimum absolute atomic E-state index is 0.0176. The van der Waals surface area contributed by atoms with Crippen molar-refractivity contribution < 1.29 is 4.79 Å². The SMILES string of the molecule is Cc1nn(-c2ccccc2)c(C)c1CNC(=O)C1(n2cccn2)CCNCC1. The molecule has 1 aromatic carbocycles. The zero-order valence-corrected chi connectivity index (χ0v) is 16.4. The van der Waals surface area contributed by atoms with Gasteiger partial charge in [0.05, 0.1) is 11.4 Å². The summed E-state index contributed by atoms with van der Waals surface area (Å²) in [5.41, 5.74) is 3.42. The summed E-state index contributed by atoms with van der Waals surface area (Å²) in [6.45, 7) is 6.10. The number of carbonyl (C=O) groups is 1. The largest absolute Gasteiger partial charge is 0.350 e. The minimum atomic E-state index is -0.633. The molecule has 1 fully saturated rings. The normalized spacial score (nSPS) is 16.1. The molecule has 1 amide bonds. The molecule has 2 aromatic heterocycles. The molecular weight excluding hydrogens is 352 g/mol. The van der Waals surface area contributed by atoms with E-state index >= 15 is 0 Å². The Morgan fingerprint density at radius 3 is 2.61 bits per heavy atom. The number of amides is 1. The van der Waals surface area contributed by atoms with E-state index in [4.69, 9.17) is 0 Å². The third-order valence-corrected chi connectivity index (χ3v) is 5.66. The first-order chi connectivity index (χ1) is 13.6. The molecule has 146 valence electrons. The molecule has 28 heavy (non-hydrogen) atoms. The predicted molar refractivity (Wildman–Crippen MR) is 107 cm³/mol. The van der Waals surface area contributed by atoms with Crippen LogP contribution < -0.4 is 10.6 Å². The van der Waals surface area contributed by atoms with Crippen molar-refractivity contribution in [2.75, 3.05) is 13.1 Å². The van der Waals surface area contributed by atoms with Gasteiger partial charge in [-0.2, -0.15) is 10.2 Å². The van der Waals surface area contributed by atoms with Crippen LogP contribution in [-0.2, 0) is 16.9 Å². The zero-order valence-electron chi connectivity index (χ0n) is 16.4. The van der Waals surface area contributed by atoms with Crippen molar-refractivity contribution >= 4 is 5.91 Å². The van der Waals surface area contributed by atoms with Gasteiger partial charge >= 0.3 is 0 Å². The summed E-state index contributed by atoms with van der Waals surface area (Å²) in [4.78, 5) is 13.3. The summed E-state index contributed by atoms with van der Waals surface area (Å²) >= 11 is 0. The molecule has 7 heteroatoms. The van der Waals surface area contributed by atoms with Crippen molar-refractivity contribution in [1.82, 2.24) is 30.2 Å². The average Bonchev–Trinajstić information content (AvgIpc) is 3.37. The Kier molecular flexibility index (Phi) is 5.00. The van der Waals surface area contributed by atoms with Crippen molar-refractivity contribution in [2.24, 2.45) is 0 Å². The molecule has 1 aliphatic rings. The van der Waals surface area contributed by atoms with Crippen LogP contribution in [0.3, 0.4) is 0 Å². The third-order valence-electron chi connectivity index (χ3n) is 5.66. The van der Waals surface area contributed by atoms with Gasteiger partial charge in [0.2, 0.25) is 5.91 Å². The first kappa shape index (κ1) is 18.4. The minimum Gasteiger partial charge on any atom is -0.350 e. The van der Waals surface area contributed by atoms with Crippen molar-refractivity contribution in [3.8, 4) is 5.69 Å². The number of rotatable bonds is 5. The second-order valence-electron chi connectivity index (χ2n) is 7.31. The number of para-hydroxylation sites is 1. The molecule has 0 saturated carbocycles. The molecule has 0 unspecified atom stereocenters. The first-order valence-corrected chi connectivity index (χ1v) is 9.71. The maximum absolute atomic E-state index is 13.3. The van der Waals surface area contributed by atoms with E-state index in [1.165, 1.54) is 0 Å². The van der Waals surface area contributed by atoms with Crippen molar-refractivity contribution in [3.63, 3.8) is 0 Å². The molecule has 3 heterocycles. The summed E-state index contributed by atoms with van der Waals surface area (Å²) in [6.07, 6.45) is 5.06. The Balaban J connectivity index is 1.56. The van der Waals surface area contributed by atoms with Gasteiger partial charge in [0, 0.05) is 30.2 Å². The van der Waals surface area contributed by atoms with Crippen LogP contribution in [0.4, 0.5) is 0 Å². The van der Waals surface area contributed by atoms with Crippen LogP contribution in [0.5, 0.6) is 0 Å². The Morgan fingerprint density at radius 2 is 1.93 bits per heavy atom. The number of nitrogens with zero attached hydrogens (tertiary/aromatic N) is 4. The number of piperidine rings is 1. The fourth-order valence-electron chi connectivity index (χ4n) is 4.01. The summed E-state index contributed by atoms with van der Waals surface area (Å²) in [5, 5.41) is 15.6. The van der Waals surface area contributed by atoms with Crippen molar-refractivity contribution in [3.05, 3.63) is 65.7 Å². The standard InChI is InChI=1S/C21H26N6O/c1-16-19(17(2)27(25-16)18-7-4-3-5-8-18)15-23-20(28)21(9-12-22-13-10-21)26-14-6-11-24-26/h3-8,11,14,22H,9-10,12-13,15H2,1-2H3,(H,23,28). The van der Waals surface area contributed by atoms with Crippen LogP contribution >= 0.6 is 0 Å². The Bertz CT molecular complexity index is 939. The molecule has 0 radical (unpaired) electrons. The summed E-state index contributed by atoms with van der Waals surface area (Å²) in [6, 6.07) is 11.9.